The molecule has 0 aliphatic carbocycles. The van der Waals surface area contributed by atoms with E-state index in [0.717, 1.165) is 6.42 Å². The molecular formula is C67H129NO39P4-4. The van der Waals surface area contributed by atoms with Crippen molar-refractivity contribution in [1.82, 2.24) is 5.32 Å². The first-order valence-corrected chi connectivity index (χ1v) is 44.2. The van der Waals surface area contributed by atoms with Gasteiger partial charge in [-0.2, -0.15) is 0 Å². The van der Waals surface area contributed by atoms with Crippen molar-refractivity contribution in [3.05, 3.63) is 0 Å². The lowest BCUT2D eigenvalue weighted by atomic mass is 9.92. The van der Waals surface area contributed by atoms with Crippen molar-refractivity contribution in [2.45, 2.75) is 242 Å². The number of phosphoric acid groups is 4. The highest BCUT2D eigenvalue weighted by atomic mass is 31.2. The summed E-state index contributed by atoms with van der Waals surface area (Å²) in [6.45, 7) is 3.14. The molecule has 0 spiro atoms. The standard InChI is InChI=1S/C67H133NO39P4/c1-49(2)92-28-18-19-29-93-53(40-69)44-88-24-20-36-103-111(86,87)104-48-67(45-89-25-21-37-100-108(80,81)97-33-15-9-6-12-30-94-64-50(3)58(74)60(76)54(41-70)105-64,46-90-26-22-38-101-109(82,83)98-34-16-10-7-13-31-95-65-51(4)59(75)61(77)55(42-71)106-65)47-91-27-23-39-102-110(84,85)99-35-17-11-8-14-32-96-66-57(68-52(5)73)63(79)62(78)56(43-72)107-66/h49-51,53-66,69-72,74-79H,6-48H2,1-5H3,(H,68,73)(H,80,81)(H,82,83)(H,84,85)(H,86,87)/p-4/t50?,51?,53?,54?,55?,56?,57?,58-,59-,60+,61+,62+,63-,64-,65-,66-,67?/m1/s1. The second kappa shape index (κ2) is 58.9. The highest BCUT2D eigenvalue weighted by Gasteiger charge is 2.46. The van der Waals surface area contributed by atoms with Crippen molar-refractivity contribution in [3.63, 3.8) is 0 Å². The van der Waals surface area contributed by atoms with Gasteiger partial charge < -0.3 is 169 Å². The lowest BCUT2D eigenvalue weighted by Gasteiger charge is -2.42. The number of phosphoric ester groups is 4. The molecule has 11 unspecified atom stereocenters. The molecule has 0 radical (unpaired) electrons. The number of rotatable bonds is 70. The normalized spacial score (nSPS) is 27.6. The molecule has 0 aromatic carbocycles. The van der Waals surface area contributed by atoms with Crippen LogP contribution in [0.3, 0.4) is 0 Å². The van der Waals surface area contributed by atoms with Gasteiger partial charge in [-0.15, -0.1) is 0 Å². The number of aliphatic hydroxyl groups is 10. The SMILES string of the molecule is CC(=O)NC1[C@H](OCCCCCCOP(=O)([O-])OCCCOCC(COCCCOP(=O)([O-])OCCCCCCO[C@@H]2OC(CO)[C@H](O)[C@H](O)C2C)(COCCCOP(=O)([O-])OCCCCCCO[C@@H]2OC(CO)[C@H](O)[C@H](O)C2C)COP(=O)([O-])OCCCOCC(CO)OCCCCOC(C)C)OC(CO)[C@H](O)[C@@H]1O. The molecule has 3 saturated heterocycles. The van der Waals surface area contributed by atoms with E-state index in [-0.39, 0.29) is 117 Å². The molecule has 20 atom stereocenters. The smallest absolute Gasteiger partial charge is 0.267 e. The van der Waals surface area contributed by atoms with Gasteiger partial charge in [-0.25, -0.2) is 0 Å². The molecular weight excluding hydrogens is 1570 g/mol. The number of aliphatic hydroxyl groups excluding tert-OH is 10. The van der Waals surface area contributed by atoms with Crippen LogP contribution in [0.1, 0.15) is 150 Å². The fourth-order valence-electron chi connectivity index (χ4n) is 11.2. The maximum atomic E-state index is 13.4. The minimum Gasteiger partial charge on any atom is -0.756 e. The summed E-state index contributed by atoms with van der Waals surface area (Å²) in [6.07, 6.45) is -7.12. The van der Waals surface area contributed by atoms with Gasteiger partial charge in [0.15, 0.2) is 18.9 Å². The fraction of sp³-hybridized carbons (Fsp3) is 0.985. The van der Waals surface area contributed by atoms with Gasteiger partial charge >= 0.3 is 0 Å². The van der Waals surface area contributed by atoms with E-state index in [0.29, 0.717) is 90.3 Å². The number of hydrogen-bond donors (Lipinski definition) is 11. The predicted octanol–water partition coefficient (Wildman–Crippen LogP) is 0.0136. The summed E-state index contributed by atoms with van der Waals surface area (Å²) in [5, 5.41) is 102. The molecule has 3 rings (SSSR count). The molecule has 3 heterocycles. The number of nitrogens with one attached hydrogen (secondary N) is 1. The summed E-state index contributed by atoms with van der Waals surface area (Å²) in [7, 11) is -19.6. The summed E-state index contributed by atoms with van der Waals surface area (Å²) in [4.78, 5) is 63.3. The number of carbonyl (C=O) groups excluding carboxylic acids is 1. The molecule has 0 aromatic rings. The average Bonchev–Trinajstić information content (AvgIpc) is 0.840. The van der Waals surface area contributed by atoms with E-state index >= 15 is 0 Å². The predicted molar refractivity (Wildman–Crippen MR) is 382 cm³/mol. The molecule has 40 nitrogen and oxygen atoms in total. The molecule has 0 saturated carbocycles. The highest BCUT2D eigenvalue weighted by molar-refractivity contribution is 7.46. The second-order valence-corrected chi connectivity index (χ2v) is 33.4. The largest absolute Gasteiger partial charge is 0.756 e. The van der Waals surface area contributed by atoms with Crippen LogP contribution in [0, 0.1) is 17.3 Å². The van der Waals surface area contributed by atoms with Crippen LogP contribution in [-0.2, 0) is 116 Å². The van der Waals surface area contributed by atoms with Crippen molar-refractivity contribution in [3.8, 4) is 0 Å². The highest BCUT2D eigenvalue weighted by Crippen LogP contribution is 2.43. The molecule has 0 aromatic heterocycles. The van der Waals surface area contributed by atoms with Gasteiger partial charge in [0.05, 0.1) is 129 Å². The van der Waals surface area contributed by atoms with Crippen molar-refractivity contribution in [2.24, 2.45) is 17.3 Å². The summed E-state index contributed by atoms with van der Waals surface area (Å²) < 4.78 is 161. The van der Waals surface area contributed by atoms with Crippen LogP contribution in [0.5, 0.6) is 0 Å². The van der Waals surface area contributed by atoms with E-state index < -0.39 is 213 Å². The van der Waals surface area contributed by atoms with Crippen molar-refractivity contribution in [2.75, 3.05) is 165 Å². The first kappa shape index (κ1) is 104. The Morgan fingerprint density at radius 1 is 0.387 bits per heavy atom. The number of ether oxygens (including phenoxy) is 12. The maximum Gasteiger partial charge on any atom is 0.267 e. The molecule has 3 aliphatic rings. The average molecular weight is 1700 g/mol. The Balaban J connectivity index is 1.61. The van der Waals surface area contributed by atoms with E-state index in [1.165, 1.54) is 6.92 Å². The Bertz CT molecular complexity index is 2480. The van der Waals surface area contributed by atoms with Gasteiger partial charge in [0, 0.05) is 78.2 Å². The van der Waals surface area contributed by atoms with Crippen LogP contribution in [0.2, 0.25) is 0 Å². The van der Waals surface area contributed by atoms with Crippen molar-refractivity contribution in [1.29, 1.82) is 0 Å². The van der Waals surface area contributed by atoms with Gasteiger partial charge in [-0.05, 0) is 90.9 Å². The molecule has 1 amide bonds. The van der Waals surface area contributed by atoms with Crippen molar-refractivity contribution < 1.29 is 187 Å². The number of unbranched alkanes of at least 4 members (excludes halogenated alkanes) is 10. The molecule has 11 N–H and O–H groups in total. The zero-order chi connectivity index (χ0) is 82.1. The maximum absolute atomic E-state index is 13.4. The third-order valence-corrected chi connectivity index (χ3v) is 21.6. The van der Waals surface area contributed by atoms with Crippen LogP contribution in [0.25, 0.3) is 0 Å². The van der Waals surface area contributed by atoms with Gasteiger partial charge in [0.1, 0.15) is 54.9 Å². The number of hydrogen-bond acceptors (Lipinski definition) is 39. The van der Waals surface area contributed by atoms with Crippen LogP contribution < -0.4 is 24.9 Å². The van der Waals surface area contributed by atoms with Gasteiger partial charge in [-0.3, -0.25) is 23.1 Å². The molecule has 111 heavy (non-hydrogen) atoms. The number of amides is 1. The third kappa shape index (κ3) is 45.3. The van der Waals surface area contributed by atoms with E-state index in [9.17, 15) is 93.7 Å². The summed E-state index contributed by atoms with van der Waals surface area (Å²) in [5.74, 6) is -1.62. The first-order chi connectivity index (χ1) is 52.8. The summed E-state index contributed by atoms with van der Waals surface area (Å²) in [5.41, 5.74) is -1.56. The monoisotopic (exact) mass is 1700 g/mol. The van der Waals surface area contributed by atoms with Crippen molar-refractivity contribution >= 4 is 37.2 Å². The number of carbonyl (C=O) groups is 1. The van der Waals surface area contributed by atoms with E-state index in [1.54, 1.807) is 13.8 Å². The van der Waals surface area contributed by atoms with E-state index in [2.05, 4.69) is 5.32 Å². The van der Waals surface area contributed by atoms with Crippen LogP contribution in [-0.4, -0.2) is 314 Å². The minimum absolute atomic E-state index is 0.00872. The van der Waals surface area contributed by atoms with Crippen LogP contribution >= 0.6 is 31.3 Å². The zero-order valence-corrected chi connectivity index (χ0v) is 68.4. The van der Waals surface area contributed by atoms with Gasteiger partial charge in [0.2, 0.25) is 5.91 Å². The van der Waals surface area contributed by atoms with Gasteiger partial charge in [0.25, 0.3) is 31.3 Å². The lowest BCUT2D eigenvalue weighted by Crippen LogP contribution is -2.64. The van der Waals surface area contributed by atoms with Crippen LogP contribution in [0.15, 0.2) is 0 Å². The third-order valence-electron chi connectivity index (χ3n) is 17.7. The summed E-state index contributed by atoms with van der Waals surface area (Å²) in [6, 6.07) is -1.11. The Hall–Kier alpha value is -0.970. The molecule has 3 aliphatic heterocycles. The quantitative estimate of drug-likeness (QED) is 0.0282. The zero-order valence-electron chi connectivity index (χ0n) is 64.8. The first-order valence-electron chi connectivity index (χ1n) is 38.4. The molecule has 660 valence electrons. The van der Waals surface area contributed by atoms with E-state index in [1.807, 2.05) is 13.8 Å². The summed E-state index contributed by atoms with van der Waals surface area (Å²) >= 11 is 0. The fourth-order valence-corrected chi connectivity index (χ4v) is 14.4. The Morgan fingerprint density at radius 3 is 1.05 bits per heavy atom. The Kier molecular flexibility index (Phi) is 55.3. The van der Waals surface area contributed by atoms with E-state index in [4.69, 9.17) is 93.0 Å². The Morgan fingerprint density at radius 2 is 0.694 bits per heavy atom. The Labute approximate surface area is 651 Å². The molecule has 44 heteroatoms. The topological polar surface area (TPSA) is 577 Å². The van der Waals surface area contributed by atoms with Crippen LogP contribution in [0.4, 0.5) is 0 Å². The second-order valence-electron chi connectivity index (χ2n) is 27.8. The molecule has 3 fully saturated rings. The minimum atomic E-state index is -5.16. The molecule has 0 bridgehead atoms. The van der Waals surface area contributed by atoms with Gasteiger partial charge in [-0.1, -0.05) is 52.4 Å². The lowest BCUT2D eigenvalue weighted by molar-refractivity contribution is -0.282.